The average Bonchev–Trinajstić information content (AvgIpc) is 3.54. The van der Waals surface area contributed by atoms with E-state index in [2.05, 4.69) is 26.6 Å². The third-order valence-corrected chi connectivity index (χ3v) is 7.21. The number of imidazole rings is 1. The second-order valence-corrected chi connectivity index (χ2v) is 10.0. The minimum Gasteiger partial charge on any atom is -0.315 e. The number of carbonyl (C=O) groups is 2. The van der Waals surface area contributed by atoms with Gasteiger partial charge in [0.05, 0.1) is 6.33 Å². The number of carbonyl (C=O) groups excluding carboxylic acids is 2. The molecule has 4 heterocycles. The van der Waals surface area contributed by atoms with Crippen LogP contribution < -0.4 is 21.5 Å². The lowest BCUT2D eigenvalue weighted by molar-refractivity contribution is -0.117. The van der Waals surface area contributed by atoms with Gasteiger partial charge in [0, 0.05) is 38.7 Å². The Labute approximate surface area is 208 Å². The van der Waals surface area contributed by atoms with Crippen molar-refractivity contribution < 1.29 is 9.59 Å². The first-order valence-corrected chi connectivity index (χ1v) is 12.1. The van der Waals surface area contributed by atoms with Crippen LogP contribution in [0.4, 0.5) is 10.8 Å². The summed E-state index contributed by atoms with van der Waals surface area (Å²) in [6.07, 6.45) is 1.67. The van der Waals surface area contributed by atoms with Crippen LogP contribution in [0.1, 0.15) is 28.5 Å². The van der Waals surface area contributed by atoms with Gasteiger partial charge in [-0.05, 0) is 37.1 Å². The van der Waals surface area contributed by atoms with Crippen LogP contribution in [0.2, 0.25) is 0 Å². The van der Waals surface area contributed by atoms with E-state index in [1.807, 2.05) is 26.0 Å². The van der Waals surface area contributed by atoms with Crippen LogP contribution in [0, 0.1) is 13.8 Å². The summed E-state index contributed by atoms with van der Waals surface area (Å²) in [4.78, 5) is 56.0. The van der Waals surface area contributed by atoms with E-state index < -0.39 is 17.2 Å². The molecule has 2 amide bonds. The van der Waals surface area contributed by atoms with Gasteiger partial charge in [-0.2, -0.15) is 0 Å². The number of rotatable bonds is 5. The molecule has 0 aliphatic carbocycles. The predicted octanol–water partition coefficient (Wildman–Crippen LogP) is 1.06. The number of aromatic nitrogens is 6. The lowest BCUT2D eigenvalue weighted by Crippen LogP contribution is -2.37. The average molecular weight is 509 g/mol. The van der Waals surface area contributed by atoms with Crippen molar-refractivity contribution in [3.05, 3.63) is 61.5 Å². The highest BCUT2D eigenvalue weighted by Gasteiger charge is 2.34. The lowest BCUT2D eigenvalue weighted by Gasteiger charge is -2.17. The van der Waals surface area contributed by atoms with Crippen molar-refractivity contribution in [3.63, 3.8) is 0 Å². The molecule has 4 aromatic rings. The number of benzene rings is 1. The van der Waals surface area contributed by atoms with E-state index in [4.69, 9.17) is 0 Å². The molecule has 1 aliphatic rings. The van der Waals surface area contributed by atoms with E-state index >= 15 is 0 Å². The molecule has 36 heavy (non-hydrogen) atoms. The van der Waals surface area contributed by atoms with Crippen molar-refractivity contribution in [1.82, 2.24) is 28.9 Å². The van der Waals surface area contributed by atoms with Crippen LogP contribution in [-0.4, -0.2) is 47.2 Å². The summed E-state index contributed by atoms with van der Waals surface area (Å²) in [5.41, 5.74) is 2.38. The van der Waals surface area contributed by atoms with Crippen LogP contribution in [0.25, 0.3) is 11.2 Å². The summed E-state index contributed by atoms with van der Waals surface area (Å²) in [6, 6.07) is 6.04. The monoisotopic (exact) mass is 508 g/mol. The fourth-order valence-electron chi connectivity index (χ4n) is 4.51. The normalized spacial score (nSPS) is 15.7. The largest absolute Gasteiger partial charge is 0.332 e. The molecule has 1 unspecified atom stereocenters. The van der Waals surface area contributed by atoms with Gasteiger partial charge in [-0.3, -0.25) is 28.8 Å². The van der Waals surface area contributed by atoms with Gasteiger partial charge in [-0.15, -0.1) is 10.2 Å². The Morgan fingerprint density at radius 3 is 2.53 bits per heavy atom. The smallest absolute Gasteiger partial charge is 0.315 e. The first kappa shape index (κ1) is 23.6. The third-order valence-electron chi connectivity index (χ3n) is 6.21. The first-order chi connectivity index (χ1) is 17.1. The number of hydrogen-bond donors (Lipinski definition) is 1. The second kappa shape index (κ2) is 8.82. The van der Waals surface area contributed by atoms with Crippen LogP contribution in [0.5, 0.6) is 0 Å². The van der Waals surface area contributed by atoms with Gasteiger partial charge >= 0.3 is 5.69 Å². The molecule has 1 aromatic carbocycles. The first-order valence-electron chi connectivity index (χ1n) is 11.2. The standard InChI is InChI=1S/C23H24N8O4S/c1-12-5-13(2)7-15(6-12)31-9-14(8-17(31)33)20-26-27-22(36-20)25-16(32)10-30-11-24-19-18(30)21(34)29(4)23(35)28(19)3/h5-7,11,14H,8-10H2,1-4H3,(H,25,27,32). The number of nitrogens with zero attached hydrogens (tertiary/aromatic N) is 7. The zero-order valence-electron chi connectivity index (χ0n) is 20.2. The molecule has 186 valence electrons. The Hall–Kier alpha value is -4.13. The van der Waals surface area contributed by atoms with Crippen molar-refractivity contribution in [2.45, 2.75) is 32.7 Å². The topological polar surface area (TPSA) is 137 Å². The molecule has 1 saturated heterocycles. The van der Waals surface area contributed by atoms with E-state index in [0.717, 1.165) is 21.4 Å². The van der Waals surface area contributed by atoms with Gasteiger partial charge in [-0.1, -0.05) is 17.4 Å². The lowest BCUT2D eigenvalue weighted by atomic mass is 10.1. The molecular formula is C23H24N8O4S. The SMILES string of the molecule is Cc1cc(C)cc(N2CC(c3nnc(NC(=O)Cn4cnc5c4c(=O)n(C)c(=O)n5C)s3)CC2=O)c1. The Balaban J connectivity index is 1.30. The Morgan fingerprint density at radius 1 is 1.08 bits per heavy atom. The molecule has 5 rings (SSSR count). The summed E-state index contributed by atoms with van der Waals surface area (Å²) in [6.45, 7) is 4.30. The zero-order valence-corrected chi connectivity index (χ0v) is 21.0. The Morgan fingerprint density at radius 2 is 1.81 bits per heavy atom. The van der Waals surface area contributed by atoms with Gasteiger partial charge in [0.15, 0.2) is 11.2 Å². The van der Waals surface area contributed by atoms with Gasteiger partial charge in [0.25, 0.3) is 5.56 Å². The molecule has 1 aliphatic heterocycles. The fraction of sp³-hybridized carbons (Fsp3) is 0.348. The highest BCUT2D eigenvalue weighted by Crippen LogP contribution is 2.34. The van der Waals surface area contributed by atoms with Crippen molar-refractivity contribution in [2.75, 3.05) is 16.8 Å². The highest BCUT2D eigenvalue weighted by atomic mass is 32.1. The molecule has 13 heteroatoms. The van der Waals surface area contributed by atoms with E-state index in [-0.39, 0.29) is 29.5 Å². The number of fused-ring (bicyclic) bond motifs is 1. The second-order valence-electron chi connectivity index (χ2n) is 9.00. The quantitative estimate of drug-likeness (QED) is 0.426. The van der Waals surface area contributed by atoms with Crippen LogP contribution >= 0.6 is 11.3 Å². The fourth-order valence-corrected chi connectivity index (χ4v) is 5.36. The summed E-state index contributed by atoms with van der Waals surface area (Å²) in [7, 11) is 2.89. The van der Waals surface area contributed by atoms with Gasteiger partial charge in [0.1, 0.15) is 11.6 Å². The maximum Gasteiger partial charge on any atom is 0.332 e. The van der Waals surface area contributed by atoms with Gasteiger partial charge < -0.3 is 9.47 Å². The molecule has 1 N–H and O–H groups in total. The molecule has 0 bridgehead atoms. The Kier molecular flexibility index (Phi) is 5.79. The molecule has 1 fully saturated rings. The molecule has 3 aromatic heterocycles. The maximum absolute atomic E-state index is 12.7. The Bertz CT molecular complexity index is 1630. The summed E-state index contributed by atoms with van der Waals surface area (Å²) in [5.74, 6) is -0.524. The van der Waals surface area contributed by atoms with E-state index in [1.54, 1.807) is 4.90 Å². The number of amides is 2. The molecule has 0 saturated carbocycles. The van der Waals surface area contributed by atoms with Gasteiger partial charge in [0.2, 0.25) is 16.9 Å². The van der Waals surface area contributed by atoms with E-state index in [0.29, 0.717) is 23.1 Å². The zero-order chi connectivity index (χ0) is 25.7. The molecule has 1 atom stereocenters. The minimum atomic E-state index is -0.532. The number of nitrogens with one attached hydrogen (secondary N) is 1. The third kappa shape index (κ3) is 4.11. The van der Waals surface area contributed by atoms with Crippen molar-refractivity contribution >= 4 is 45.1 Å². The maximum atomic E-state index is 12.7. The van der Waals surface area contributed by atoms with E-state index in [1.165, 1.54) is 40.9 Å². The summed E-state index contributed by atoms with van der Waals surface area (Å²) >= 11 is 1.22. The highest BCUT2D eigenvalue weighted by molar-refractivity contribution is 7.15. The van der Waals surface area contributed by atoms with E-state index in [9.17, 15) is 19.2 Å². The molecule has 12 nitrogen and oxygen atoms in total. The van der Waals surface area contributed by atoms with Crippen LogP contribution in [0.3, 0.4) is 0 Å². The van der Waals surface area contributed by atoms with Crippen molar-refractivity contribution in [1.29, 1.82) is 0 Å². The van der Waals surface area contributed by atoms with Crippen LogP contribution in [-0.2, 0) is 30.2 Å². The summed E-state index contributed by atoms with van der Waals surface area (Å²) in [5, 5.41) is 11.9. The predicted molar refractivity (Wildman–Crippen MR) is 134 cm³/mol. The molecule has 0 spiro atoms. The van der Waals surface area contributed by atoms with Gasteiger partial charge in [-0.25, -0.2) is 9.78 Å². The number of aryl methyl sites for hydroxylation is 3. The van der Waals surface area contributed by atoms with Crippen molar-refractivity contribution in [2.24, 2.45) is 14.1 Å². The minimum absolute atomic E-state index is 0.0220. The number of anilines is 2. The number of hydrogen-bond acceptors (Lipinski definition) is 8. The summed E-state index contributed by atoms with van der Waals surface area (Å²) < 4.78 is 3.62. The van der Waals surface area contributed by atoms with Crippen LogP contribution in [0.15, 0.2) is 34.1 Å². The molecule has 0 radical (unpaired) electrons. The molecular weight excluding hydrogens is 484 g/mol. The van der Waals surface area contributed by atoms with Crippen molar-refractivity contribution in [3.8, 4) is 0 Å².